The third-order valence-corrected chi connectivity index (χ3v) is 3.97. The standard InChI is InChI=1S/C13H15N5O3S2/c1-6-4-7(12(20)21-3)11(23-6)16-13(22)15-8-5-18(2)17-9(8)10(14)19/h4-5H,1-3H3,(H2,14,19)(H2,15,16,22). The molecule has 23 heavy (non-hydrogen) atoms. The summed E-state index contributed by atoms with van der Waals surface area (Å²) in [5.74, 6) is -1.13. The fraction of sp³-hybridized carbons (Fsp3) is 0.231. The minimum Gasteiger partial charge on any atom is -0.465 e. The number of hydrogen-bond donors (Lipinski definition) is 3. The van der Waals surface area contributed by atoms with Crippen molar-refractivity contribution in [2.45, 2.75) is 6.92 Å². The number of rotatable bonds is 4. The summed E-state index contributed by atoms with van der Waals surface area (Å²) in [5, 5.41) is 10.5. The topological polar surface area (TPSA) is 111 Å². The molecule has 4 N–H and O–H groups in total. The smallest absolute Gasteiger partial charge is 0.340 e. The van der Waals surface area contributed by atoms with E-state index in [4.69, 9.17) is 22.7 Å². The first-order valence-corrected chi connectivity index (χ1v) is 7.64. The lowest BCUT2D eigenvalue weighted by molar-refractivity contribution is 0.0602. The van der Waals surface area contributed by atoms with E-state index in [2.05, 4.69) is 15.7 Å². The number of esters is 1. The highest BCUT2D eigenvalue weighted by molar-refractivity contribution is 7.80. The first-order chi connectivity index (χ1) is 10.8. The molecule has 2 aromatic heterocycles. The van der Waals surface area contributed by atoms with Crippen molar-refractivity contribution in [2.24, 2.45) is 12.8 Å². The summed E-state index contributed by atoms with van der Waals surface area (Å²) in [6.07, 6.45) is 1.58. The largest absolute Gasteiger partial charge is 0.465 e. The lowest BCUT2D eigenvalue weighted by Gasteiger charge is -2.09. The minimum absolute atomic E-state index is 0.0761. The number of primary amides is 1. The number of aromatic nitrogens is 2. The van der Waals surface area contributed by atoms with Crippen LogP contribution in [-0.2, 0) is 11.8 Å². The van der Waals surface area contributed by atoms with E-state index < -0.39 is 11.9 Å². The summed E-state index contributed by atoms with van der Waals surface area (Å²) in [7, 11) is 2.97. The Morgan fingerprint density at radius 1 is 1.43 bits per heavy atom. The summed E-state index contributed by atoms with van der Waals surface area (Å²) in [6, 6.07) is 1.71. The maximum Gasteiger partial charge on any atom is 0.340 e. The van der Waals surface area contributed by atoms with E-state index in [-0.39, 0.29) is 10.8 Å². The van der Waals surface area contributed by atoms with Crippen molar-refractivity contribution in [1.82, 2.24) is 9.78 Å². The number of amides is 1. The lowest BCUT2D eigenvalue weighted by atomic mass is 10.3. The number of thiophene rings is 1. The summed E-state index contributed by atoms with van der Waals surface area (Å²) in [4.78, 5) is 24.0. The van der Waals surface area contributed by atoms with E-state index in [0.717, 1.165) is 4.88 Å². The maximum atomic E-state index is 11.7. The number of ether oxygens (including phenoxy) is 1. The summed E-state index contributed by atoms with van der Waals surface area (Å²) in [5.41, 5.74) is 6.11. The monoisotopic (exact) mass is 353 g/mol. The molecule has 0 aromatic carbocycles. The maximum absolute atomic E-state index is 11.7. The van der Waals surface area contributed by atoms with Gasteiger partial charge < -0.3 is 21.1 Å². The first kappa shape index (κ1) is 16.9. The molecule has 10 heteroatoms. The van der Waals surface area contributed by atoms with Crippen molar-refractivity contribution in [1.29, 1.82) is 0 Å². The molecule has 0 aliphatic heterocycles. The van der Waals surface area contributed by atoms with Gasteiger partial charge in [-0.05, 0) is 25.2 Å². The predicted octanol–water partition coefficient (Wildman–Crippen LogP) is 1.48. The zero-order chi connectivity index (χ0) is 17.1. The van der Waals surface area contributed by atoms with Crippen molar-refractivity contribution in [3.05, 3.63) is 28.4 Å². The minimum atomic E-state index is -0.668. The molecule has 0 atom stereocenters. The Hall–Kier alpha value is -2.46. The second-order valence-corrected chi connectivity index (χ2v) is 6.26. The van der Waals surface area contributed by atoms with Crippen LogP contribution < -0.4 is 16.4 Å². The molecule has 122 valence electrons. The summed E-state index contributed by atoms with van der Waals surface area (Å²) >= 11 is 6.57. The molecule has 2 heterocycles. The Morgan fingerprint density at radius 2 is 2.13 bits per heavy atom. The van der Waals surface area contributed by atoms with Gasteiger partial charge in [-0.3, -0.25) is 9.48 Å². The average Bonchev–Trinajstić information content (AvgIpc) is 3.01. The highest BCUT2D eigenvalue weighted by Gasteiger charge is 2.18. The van der Waals surface area contributed by atoms with Crippen LogP contribution in [-0.4, -0.2) is 33.9 Å². The fourth-order valence-electron chi connectivity index (χ4n) is 1.89. The number of aryl methyl sites for hydroxylation is 2. The van der Waals surface area contributed by atoms with Gasteiger partial charge in [-0.2, -0.15) is 5.10 Å². The van der Waals surface area contributed by atoms with Gasteiger partial charge in [-0.25, -0.2) is 4.79 Å². The number of carbonyl (C=O) groups excluding carboxylic acids is 2. The normalized spacial score (nSPS) is 10.2. The SMILES string of the molecule is COC(=O)c1cc(C)sc1NC(=S)Nc1cn(C)nc1C(N)=O. The number of methoxy groups -OCH3 is 1. The summed E-state index contributed by atoms with van der Waals surface area (Å²) in [6.45, 7) is 1.87. The third kappa shape index (κ3) is 3.85. The van der Waals surface area contributed by atoms with Crippen LogP contribution in [0.1, 0.15) is 25.7 Å². The van der Waals surface area contributed by atoms with Crippen LogP contribution >= 0.6 is 23.6 Å². The molecule has 2 aromatic rings. The van der Waals surface area contributed by atoms with Gasteiger partial charge in [0.1, 0.15) is 5.00 Å². The fourth-order valence-corrected chi connectivity index (χ4v) is 3.07. The van der Waals surface area contributed by atoms with E-state index >= 15 is 0 Å². The summed E-state index contributed by atoms with van der Waals surface area (Å²) < 4.78 is 6.18. The molecule has 0 aliphatic rings. The number of nitrogens with two attached hydrogens (primary N) is 1. The molecule has 8 nitrogen and oxygen atoms in total. The van der Waals surface area contributed by atoms with Gasteiger partial charge in [0.15, 0.2) is 10.8 Å². The number of nitrogens with zero attached hydrogens (tertiary/aromatic N) is 2. The van der Waals surface area contributed by atoms with Gasteiger partial charge >= 0.3 is 5.97 Å². The Labute approximate surface area is 141 Å². The number of anilines is 2. The Bertz CT molecular complexity index is 781. The van der Waals surface area contributed by atoms with Crippen LogP contribution in [0.25, 0.3) is 0 Å². The quantitative estimate of drug-likeness (QED) is 0.564. The van der Waals surface area contributed by atoms with Gasteiger partial charge in [0.25, 0.3) is 5.91 Å². The van der Waals surface area contributed by atoms with Gasteiger partial charge in [-0.1, -0.05) is 0 Å². The van der Waals surface area contributed by atoms with Crippen LogP contribution in [0.5, 0.6) is 0 Å². The van der Waals surface area contributed by atoms with Crippen molar-refractivity contribution in [3.8, 4) is 0 Å². The molecular formula is C13H15N5O3S2. The van der Waals surface area contributed by atoms with Crippen LogP contribution in [0, 0.1) is 6.92 Å². The first-order valence-electron chi connectivity index (χ1n) is 6.42. The zero-order valence-electron chi connectivity index (χ0n) is 12.7. The highest BCUT2D eigenvalue weighted by Crippen LogP contribution is 2.28. The molecule has 0 aliphatic carbocycles. The van der Waals surface area contributed by atoms with E-state index in [1.807, 2.05) is 6.92 Å². The van der Waals surface area contributed by atoms with Crippen molar-refractivity contribution in [2.75, 3.05) is 17.7 Å². The van der Waals surface area contributed by atoms with Gasteiger partial charge in [0, 0.05) is 18.1 Å². The van der Waals surface area contributed by atoms with Crippen LogP contribution in [0.15, 0.2) is 12.3 Å². The van der Waals surface area contributed by atoms with E-state index in [1.165, 1.54) is 23.1 Å². The second kappa shape index (κ2) is 6.75. The van der Waals surface area contributed by atoms with E-state index in [0.29, 0.717) is 16.3 Å². The molecule has 1 amide bonds. The van der Waals surface area contributed by atoms with Crippen LogP contribution in [0.2, 0.25) is 0 Å². The molecule has 0 spiro atoms. The third-order valence-electron chi connectivity index (χ3n) is 2.80. The lowest BCUT2D eigenvalue weighted by Crippen LogP contribution is -2.22. The van der Waals surface area contributed by atoms with Crippen molar-refractivity contribution in [3.63, 3.8) is 0 Å². The van der Waals surface area contributed by atoms with E-state index in [9.17, 15) is 9.59 Å². The number of thiocarbonyl (C=S) groups is 1. The Kier molecular flexibility index (Phi) is 4.96. The molecule has 0 fully saturated rings. The van der Waals surface area contributed by atoms with Crippen molar-refractivity contribution >= 4 is 51.2 Å². The highest BCUT2D eigenvalue weighted by atomic mass is 32.1. The predicted molar refractivity (Wildman–Crippen MR) is 92.0 cm³/mol. The van der Waals surface area contributed by atoms with E-state index in [1.54, 1.807) is 19.3 Å². The van der Waals surface area contributed by atoms with Gasteiger partial charge in [0.2, 0.25) is 0 Å². The Morgan fingerprint density at radius 3 is 2.74 bits per heavy atom. The number of hydrogen-bond acceptors (Lipinski definition) is 6. The average molecular weight is 353 g/mol. The van der Waals surface area contributed by atoms with Crippen LogP contribution in [0.4, 0.5) is 10.7 Å². The zero-order valence-corrected chi connectivity index (χ0v) is 14.3. The van der Waals surface area contributed by atoms with Gasteiger partial charge in [0.05, 0.1) is 18.4 Å². The van der Waals surface area contributed by atoms with Gasteiger partial charge in [-0.15, -0.1) is 11.3 Å². The molecular weight excluding hydrogens is 338 g/mol. The molecule has 0 bridgehead atoms. The second-order valence-electron chi connectivity index (χ2n) is 4.60. The van der Waals surface area contributed by atoms with Crippen LogP contribution in [0.3, 0.4) is 0 Å². The molecule has 2 rings (SSSR count). The number of carbonyl (C=O) groups is 2. The molecule has 0 saturated carbocycles. The molecule has 0 saturated heterocycles. The van der Waals surface area contributed by atoms with Crippen molar-refractivity contribution < 1.29 is 14.3 Å². The molecule has 0 radical (unpaired) electrons. The Balaban J connectivity index is 2.18. The molecule has 0 unspecified atom stereocenters. The number of nitrogens with one attached hydrogen (secondary N) is 2.